The fourth-order valence-electron chi connectivity index (χ4n) is 5.20. The monoisotopic (exact) mass is 579 g/mol. The summed E-state index contributed by atoms with van der Waals surface area (Å²) in [6.07, 6.45) is 6.89. The van der Waals surface area contributed by atoms with Crippen LogP contribution in [0.15, 0.2) is 85.6 Å². The highest BCUT2D eigenvalue weighted by Gasteiger charge is 2.45. The first-order valence-electron chi connectivity index (χ1n) is 13.4. The van der Waals surface area contributed by atoms with Gasteiger partial charge in [-0.25, -0.2) is 4.98 Å². The molecule has 2 saturated heterocycles. The Labute approximate surface area is 244 Å². The normalized spacial score (nSPS) is 21.6. The number of hydrogen-bond donors (Lipinski definition) is 0. The Hall–Kier alpha value is -3.14. The van der Waals surface area contributed by atoms with Crippen LogP contribution in [-0.2, 0) is 28.4 Å². The van der Waals surface area contributed by atoms with Crippen molar-refractivity contribution in [3.05, 3.63) is 107 Å². The molecule has 4 aromatic rings. The van der Waals surface area contributed by atoms with Gasteiger partial charge < -0.3 is 23.7 Å². The average Bonchev–Trinajstić information content (AvgIpc) is 3.64. The molecule has 2 unspecified atom stereocenters. The van der Waals surface area contributed by atoms with Crippen molar-refractivity contribution in [1.82, 2.24) is 19.4 Å². The fourth-order valence-corrected chi connectivity index (χ4v) is 5.76. The lowest BCUT2D eigenvalue weighted by Gasteiger charge is -2.36. The molecule has 0 bridgehead atoms. The van der Waals surface area contributed by atoms with E-state index in [1.165, 1.54) is 5.69 Å². The summed E-state index contributed by atoms with van der Waals surface area (Å²) < 4.78 is 20.8. The molecule has 0 spiro atoms. The molecular formula is C30H31Cl2N5O3. The van der Waals surface area contributed by atoms with Crippen molar-refractivity contribution in [2.45, 2.75) is 25.0 Å². The number of nitrogens with zero attached hydrogens (tertiary/aromatic N) is 5. The molecule has 2 atom stereocenters. The molecule has 2 fully saturated rings. The Bertz CT molecular complexity index is 1380. The topological polar surface area (TPSA) is 64.9 Å². The van der Waals surface area contributed by atoms with E-state index in [0.717, 1.165) is 49.7 Å². The van der Waals surface area contributed by atoms with Gasteiger partial charge in [-0.05, 0) is 48.5 Å². The standard InChI is InChI=1S/C30H31Cl2N5O3/c31-23-4-9-28(29(32)17-23)30(21-36-12-11-33-22-36)39-20-27(40-30)19-38-26-7-5-25(6-8-26)37-15-13-35(14-16-37)18-24-3-1-2-10-34-24/h1-12,17,22,27H,13-16,18-21H2. The van der Waals surface area contributed by atoms with Gasteiger partial charge in [0, 0.05) is 67.6 Å². The summed E-state index contributed by atoms with van der Waals surface area (Å²) in [7, 11) is 0. The molecule has 6 rings (SSSR count). The largest absolute Gasteiger partial charge is 0.491 e. The van der Waals surface area contributed by atoms with Crippen molar-refractivity contribution in [3.8, 4) is 5.75 Å². The Morgan fingerprint density at radius 2 is 1.82 bits per heavy atom. The summed E-state index contributed by atoms with van der Waals surface area (Å²) in [5.74, 6) is -0.281. The number of hydrogen-bond acceptors (Lipinski definition) is 7. The summed E-state index contributed by atoms with van der Waals surface area (Å²) in [6, 6.07) is 19.7. The fraction of sp³-hybridized carbons (Fsp3) is 0.333. The summed E-state index contributed by atoms with van der Waals surface area (Å²) in [6.45, 7) is 5.98. The van der Waals surface area contributed by atoms with Crippen molar-refractivity contribution < 1.29 is 14.2 Å². The number of ether oxygens (including phenoxy) is 3. The van der Waals surface area contributed by atoms with E-state index < -0.39 is 5.79 Å². The minimum Gasteiger partial charge on any atom is -0.491 e. The Kier molecular flexibility index (Phi) is 8.22. The molecular weight excluding hydrogens is 549 g/mol. The van der Waals surface area contributed by atoms with Gasteiger partial charge >= 0.3 is 0 Å². The highest BCUT2D eigenvalue weighted by Crippen LogP contribution is 2.40. The smallest absolute Gasteiger partial charge is 0.215 e. The van der Waals surface area contributed by atoms with Gasteiger partial charge in [-0.1, -0.05) is 35.3 Å². The molecule has 208 valence electrons. The first-order valence-corrected chi connectivity index (χ1v) is 14.1. The van der Waals surface area contributed by atoms with Crippen LogP contribution in [0.25, 0.3) is 0 Å². The lowest BCUT2D eigenvalue weighted by molar-refractivity contribution is -0.189. The molecule has 2 aromatic carbocycles. The van der Waals surface area contributed by atoms with Gasteiger partial charge in [-0.15, -0.1) is 0 Å². The molecule has 4 heterocycles. The zero-order valence-corrected chi connectivity index (χ0v) is 23.5. The third kappa shape index (κ3) is 6.27. The van der Waals surface area contributed by atoms with E-state index in [-0.39, 0.29) is 6.10 Å². The van der Waals surface area contributed by atoms with Gasteiger partial charge in [0.05, 0.1) is 30.2 Å². The molecule has 0 N–H and O–H groups in total. The van der Waals surface area contributed by atoms with Crippen LogP contribution in [0.1, 0.15) is 11.3 Å². The molecule has 2 aliphatic heterocycles. The van der Waals surface area contributed by atoms with Crippen LogP contribution in [0.5, 0.6) is 5.75 Å². The second-order valence-corrected chi connectivity index (χ2v) is 10.9. The maximum atomic E-state index is 6.57. The van der Waals surface area contributed by atoms with Gasteiger partial charge in [-0.3, -0.25) is 9.88 Å². The van der Waals surface area contributed by atoms with Gasteiger partial charge in [0.1, 0.15) is 18.5 Å². The number of benzene rings is 2. The minimum absolute atomic E-state index is 0.276. The summed E-state index contributed by atoms with van der Waals surface area (Å²) >= 11 is 12.7. The van der Waals surface area contributed by atoms with Gasteiger partial charge in [0.25, 0.3) is 0 Å². The zero-order chi connectivity index (χ0) is 27.4. The van der Waals surface area contributed by atoms with Crippen LogP contribution in [0.2, 0.25) is 10.0 Å². The lowest BCUT2D eigenvalue weighted by atomic mass is 10.1. The van der Waals surface area contributed by atoms with E-state index >= 15 is 0 Å². The molecule has 0 aliphatic carbocycles. The summed E-state index contributed by atoms with van der Waals surface area (Å²) in [5, 5.41) is 1.04. The summed E-state index contributed by atoms with van der Waals surface area (Å²) in [4.78, 5) is 13.5. The van der Waals surface area contributed by atoms with Crippen LogP contribution >= 0.6 is 23.2 Å². The van der Waals surface area contributed by atoms with E-state index in [9.17, 15) is 0 Å². The van der Waals surface area contributed by atoms with Gasteiger partial charge in [0.2, 0.25) is 5.79 Å². The minimum atomic E-state index is -1.07. The van der Waals surface area contributed by atoms with E-state index in [0.29, 0.717) is 29.8 Å². The van der Waals surface area contributed by atoms with Gasteiger partial charge in [-0.2, -0.15) is 0 Å². The van der Waals surface area contributed by atoms with E-state index in [1.807, 2.05) is 47.3 Å². The Balaban J connectivity index is 1.04. The van der Waals surface area contributed by atoms with E-state index in [4.69, 9.17) is 37.4 Å². The SMILES string of the molecule is Clc1ccc(C2(Cn3ccnc3)OCC(COc3ccc(N4CCN(Cc5ccccn5)CC4)cc3)O2)c(Cl)c1. The van der Waals surface area contributed by atoms with Crippen molar-refractivity contribution in [3.63, 3.8) is 0 Å². The van der Waals surface area contributed by atoms with Crippen LogP contribution in [0, 0.1) is 0 Å². The predicted molar refractivity (Wildman–Crippen MR) is 155 cm³/mol. The van der Waals surface area contributed by atoms with Crippen LogP contribution in [0.3, 0.4) is 0 Å². The molecule has 2 aromatic heterocycles. The number of imidazole rings is 1. The molecule has 0 radical (unpaired) electrons. The number of halogens is 2. The predicted octanol–water partition coefficient (Wildman–Crippen LogP) is 5.25. The van der Waals surface area contributed by atoms with Crippen molar-refractivity contribution >= 4 is 28.9 Å². The average molecular weight is 581 g/mol. The number of pyridine rings is 1. The second kappa shape index (κ2) is 12.2. The second-order valence-electron chi connectivity index (χ2n) is 10.1. The number of rotatable bonds is 9. The first kappa shape index (κ1) is 27.1. The molecule has 8 nitrogen and oxygen atoms in total. The zero-order valence-electron chi connectivity index (χ0n) is 22.0. The first-order chi connectivity index (χ1) is 19.6. The maximum absolute atomic E-state index is 6.57. The van der Waals surface area contributed by atoms with E-state index in [1.54, 1.807) is 24.7 Å². The lowest BCUT2D eigenvalue weighted by Crippen LogP contribution is -2.46. The third-order valence-corrected chi connectivity index (χ3v) is 7.82. The Morgan fingerprint density at radius 3 is 2.55 bits per heavy atom. The summed E-state index contributed by atoms with van der Waals surface area (Å²) in [5.41, 5.74) is 3.03. The molecule has 0 saturated carbocycles. The molecule has 0 amide bonds. The number of anilines is 1. The Morgan fingerprint density at radius 1 is 0.975 bits per heavy atom. The van der Waals surface area contributed by atoms with Crippen molar-refractivity contribution in [2.24, 2.45) is 0 Å². The number of piperazine rings is 1. The quantitative estimate of drug-likeness (QED) is 0.268. The van der Waals surface area contributed by atoms with Crippen LogP contribution in [0.4, 0.5) is 5.69 Å². The highest BCUT2D eigenvalue weighted by atomic mass is 35.5. The molecule has 10 heteroatoms. The molecule has 2 aliphatic rings. The van der Waals surface area contributed by atoms with Crippen LogP contribution in [-0.4, -0.2) is 64.9 Å². The van der Waals surface area contributed by atoms with Crippen molar-refractivity contribution in [1.29, 1.82) is 0 Å². The van der Waals surface area contributed by atoms with Crippen molar-refractivity contribution in [2.75, 3.05) is 44.3 Å². The van der Waals surface area contributed by atoms with E-state index in [2.05, 4.69) is 38.0 Å². The van der Waals surface area contributed by atoms with Gasteiger partial charge in [0.15, 0.2) is 0 Å². The van der Waals surface area contributed by atoms with Crippen LogP contribution < -0.4 is 9.64 Å². The highest BCUT2D eigenvalue weighted by molar-refractivity contribution is 6.35. The number of aromatic nitrogens is 3. The third-order valence-electron chi connectivity index (χ3n) is 7.27. The molecule has 40 heavy (non-hydrogen) atoms. The maximum Gasteiger partial charge on any atom is 0.215 e.